The maximum atomic E-state index is 3.57. The maximum absolute atomic E-state index is 3.57. The topological polar surface area (TPSA) is 3.24 Å². The van der Waals surface area contributed by atoms with E-state index in [9.17, 15) is 0 Å². The SMILES string of the molecule is BrCCC1CCN(C2CCCCCC2)C1. The second-order valence-corrected chi connectivity index (χ2v) is 6.07. The van der Waals surface area contributed by atoms with Crippen LogP contribution in [-0.4, -0.2) is 29.4 Å². The van der Waals surface area contributed by atoms with Crippen molar-refractivity contribution in [3.63, 3.8) is 0 Å². The fourth-order valence-corrected chi connectivity index (χ4v) is 3.85. The summed E-state index contributed by atoms with van der Waals surface area (Å²) in [6, 6.07) is 0.938. The van der Waals surface area contributed by atoms with Crippen LogP contribution >= 0.6 is 15.9 Å². The Morgan fingerprint density at radius 2 is 1.73 bits per heavy atom. The third-order valence-electron chi connectivity index (χ3n) is 4.18. The lowest BCUT2D eigenvalue weighted by molar-refractivity contribution is 0.213. The van der Waals surface area contributed by atoms with Crippen molar-refractivity contribution in [3.05, 3.63) is 0 Å². The van der Waals surface area contributed by atoms with Crippen molar-refractivity contribution in [2.24, 2.45) is 5.92 Å². The van der Waals surface area contributed by atoms with E-state index in [1.54, 1.807) is 0 Å². The van der Waals surface area contributed by atoms with Gasteiger partial charge in [0.1, 0.15) is 0 Å². The molecule has 2 fully saturated rings. The van der Waals surface area contributed by atoms with E-state index in [0.717, 1.165) is 12.0 Å². The lowest BCUT2D eigenvalue weighted by Crippen LogP contribution is -2.32. The first kappa shape index (κ1) is 11.9. The molecular weight excluding hydrogens is 250 g/mol. The van der Waals surface area contributed by atoms with Gasteiger partial charge >= 0.3 is 0 Å². The summed E-state index contributed by atoms with van der Waals surface area (Å²) in [6.45, 7) is 2.76. The maximum Gasteiger partial charge on any atom is 0.00953 e. The highest BCUT2D eigenvalue weighted by molar-refractivity contribution is 9.09. The lowest BCUT2D eigenvalue weighted by atomic mass is 10.1. The van der Waals surface area contributed by atoms with Gasteiger partial charge in [-0.25, -0.2) is 0 Å². The van der Waals surface area contributed by atoms with Crippen molar-refractivity contribution in [1.82, 2.24) is 4.90 Å². The Bertz CT molecular complexity index is 175. The molecule has 0 radical (unpaired) electrons. The van der Waals surface area contributed by atoms with Gasteiger partial charge in [0.15, 0.2) is 0 Å². The minimum atomic E-state index is 0.938. The van der Waals surface area contributed by atoms with Gasteiger partial charge in [-0.15, -0.1) is 0 Å². The zero-order valence-electron chi connectivity index (χ0n) is 9.76. The number of rotatable bonds is 3. The molecule has 1 aliphatic heterocycles. The van der Waals surface area contributed by atoms with E-state index in [2.05, 4.69) is 20.8 Å². The number of hydrogen-bond acceptors (Lipinski definition) is 1. The predicted octanol–water partition coefficient (Wildman–Crippen LogP) is 3.82. The second kappa shape index (κ2) is 6.24. The fourth-order valence-electron chi connectivity index (χ4n) is 3.21. The monoisotopic (exact) mass is 273 g/mol. The minimum Gasteiger partial charge on any atom is -0.300 e. The first-order valence-corrected chi connectivity index (χ1v) is 7.82. The Morgan fingerprint density at radius 3 is 2.40 bits per heavy atom. The van der Waals surface area contributed by atoms with Crippen LogP contribution in [0.1, 0.15) is 51.4 Å². The highest BCUT2D eigenvalue weighted by atomic mass is 79.9. The molecule has 0 aromatic carbocycles. The van der Waals surface area contributed by atoms with Crippen LogP contribution in [0.2, 0.25) is 0 Å². The van der Waals surface area contributed by atoms with Gasteiger partial charge in [0.25, 0.3) is 0 Å². The average Bonchev–Trinajstić information content (AvgIpc) is 2.53. The molecule has 1 aliphatic carbocycles. The zero-order valence-corrected chi connectivity index (χ0v) is 11.3. The van der Waals surface area contributed by atoms with Crippen LogP contribution in [0.15, 0.2) is 0 Å². The Hall–Kier alpha value is 0.440. The van der Waals surface area contributed by atoms with Gasteiger partial charge in [0, 0.05) is 17.9 Å². The molecule has 1 atom stereocenters. The summed E-state index contributed by atoms with van der Waals surface area (Å²) in [4.78, 5) is 2.79. The smallest absolute Gasteiger partial charge is 0.00953 e. The predicted molar refractivity (Wildman–Crippen MR) is 69.6 cm³/mol. The molecule has 88 valence electrons. The summed E-state index contributed by atoms with van der Waals surface area (Å²) < 4.78 is 0. The normalized spacial score (nSPS) is 30.6. The van der Waals surface area contributed by atoms with Gasteiger partial charge in [0.2, 0.25) is 0 Å². The van der Waals surface area contributed by atoms with Gasteiger partial charge in [-0.3, -0.25) is 0 Å². The van der Waals surface area contributed by atoms with Crippen LogP contribution in [0.5, 0.6) is 0 Å². The molecule has 1 nitrogen and oxygen atoms in total. The number of nitrogens with zero attached hydrogens (tertiary/aromatic N) is 1. The summed E-state index contributed by atoms with van der Waals surface area (Å²) in [7, 11) is 0. The Kier molecular flexibility index (Phi) is 4.96. The average molecular weight is 274 g/mol. The molecule has 2 rings (SSSR count). The van der Waals surface area contributed by atoms with Crippen LogP contribution in [0, 0.1) is 5.92 Å². The largest absolute Gasteiger partial charge is 0.300 e. The molecule has 2 aliphatic rings. The highest BCUT2D eigenvalue weighted by Gasteiger charge is 2.27. The molecule has 0 spiro atoms. The van der Waals surface area contributed by atoms with E-state index in [1.165, 1.54) is 69.8 Å². The first-order valence-electron chi connectivity index (χ1n) is 6.70. The Balaban J connectivity index is 1.78. The molecule has 2 heteroatoms. The van der Waals surface area contributed by atoms with Crippen molar-refractivity contribution < 1.29 is 0 Å². The van der Waals surface area contributed by atoms with Crippen LogP contribution in [0.3, 0.4) is 0 Å². The van der Waals surface area contributed by atoms with Crippen molar-refractivity contribution >= 4 is 15.9 Å². The van der Waals surface area contributed by atoms with Crippen molar-refractivity contribution in [1.29, 1.82) is 0 Å². The van der Waals surface area contributed by atoms with Crippen LogP contribution in [0.25, 0.3) is 0 Å². The molecule has 0 bridgehead atoms. The van der Waals surface area contributed by atoms with E-state index in [-0.39, 0.29) is 0 Å². The molecule has 0 amide bonds. The first-order chi connectivity index (χ1) is 7.40. The fraction of sp³-hybridized carbons (Fsp3) is 1.00. The summed E-state index contributed by atoms with van der Waals surface area (Å²) in [5, 5.41) is 1.19. The van der Waals surface area contributed by atoms with Crippen molar-refractivity contribution in [2.75, 3.05) is 18.4 Å². The van der Waals surface area contributed by atoms with Gasteiger partial charge in [-0.2, -0.15) is 0 Å². The summed E-state index contributed by atoms with van der Waals surface area (Å²) >= 11 is 3.57. The number of hydrogen-bond donors (Lipinski definition) is 0. The lowest BCUT2D eigenvalue weighted by Gasteiger charge is -2.26. The molecule has 15 heavy (non-hydrogen) atoms. The quantitative estimate of drug-likeness (QED) is 0.558. The third-order valence-corrected chi connectivity index (χ3v) is 4.63. The van der Waals surface area contributed by atoms with Gasteiger partial charge in [-0.05, 0) is 38.1 Å². The second-order valence-electron chi connectivity index (χ2n) is 5.27. The highest BCUT2D eigenvalue weighted by Crippen LogP contribution is 2.28. The Morgan fingerprint density at radius 1 is 1.00 bits per heavy atom. The number of likely N-dealkylation sites (tertiary alicyclic amines) is 1. The molecule has 1 saturated heterocycles. The molecule has 0 aromatic heterocycles. The minimum absolute atomic E-state index is 0.938. The molecule has 0 N–H and O–H groups in total. The summed E-state index contributed by atoms with van der Waals surface area (Å²) in [6.07, 6.45) is 11.7. The zero-order chi connectivity index (χ0) is 10.5. The van der Waals surface area contributed by atoms with E-state index in [4.69, 9.17) is 0 Å². The van der Waals surface area contributed by atoms with Gasteiger partial charge < -0.3 is 4.90 Å². The standard InChI is InChI=1S/C13H24BrN/c14-9-7-12-8-10-15(11-12)13-5-3-1-2-4-6-13/h12-13H,1-11H2. The number of halogens is 1. The summed E-state index contributed by atoms with van der Waals surface area (Å²) in [5.74, 6) is 0.979. The molecule has 0 aromatic rings. The van der Waals surface area contributed by atoms with Gasteiger partial charge in [-0.1, -0.05) is 41.6 Å². The molecular formula is C13H24BrN. The van der Waals surface area contributed by atoms with Crippen LogP contribution in [-0.2, 0) is 0 Å². The van der Waals surface area contributed by atoms with E-state index in [0.29, 0.717) is 0 Å². The van der Waals surface area contributed by atoms with E-state index >= 15 is 0 Å². The van der Waals surface area contributed by atoms with Crippen LogP contribution < -0.4 is 0 Å². The molecule has 1 heterocycles. The van der Waals surface area contributed by atoms with Crippen LogP contribution in [0.4, 0.5) is 0 Å². The third kappa shape index (κ3) is 3.45. The molecule has 1 saturated carbocycles. The van der Waals surface area contributed by atoms with Gasteiger partial charge in [0.05, 0.1) is 0 Å². The Labute approximate surface area is 103 Å². The van der Waals surface area contributed by atoms with Crippen molar-refractivity contribution in [2.45, 2.75) is 57.4 Å². The number of alkyl halides is 1. The summed E-state index contributed by atoms with van der Waals surface area (Å²) in [5.41, 5.74) is 0. The van der Waals surface area contributed by atoms with E-state index in [1.807, 2.05) is 0 Å². The van der Waals surface area contributed by atoms with E-state index < -0.39 is 0 Å². The molecule has 1 unspecified atom stereocenters. The van der Waals surface area contributed by atoms with Crippen molar-refractivity contribution in [3.8, 4) is 0 Å².